The molecule has 94 valence electrons. The summed E-state index contributed by atoms with van der Waals surface area (Å²) in [4.78, 5) is 14.2. The number of hydrogen-bond acceptors (Lipinski definition) is 2. The van der Waals surface area contributed by atoms with Gasteiger partial charge in [-0.2, -0.15) is 0 Å². The Bertz CT molecular complexity index is 379. The smallest absolute Gasteiger partial charge is 0.255 e. The van der Waals surface area contributed by atoms with Crippen LogP contribution in [-0.2, 0) is 0 Å². The quantitative estimate of drug-likeness (QED) is 0.832. The van der Waals surface area contributed by atoms with Crippen LogP contribution in [0.1, 0.15) is 30.6 Å². The molecule has 1 amide bonds. The molecule has 0 aliphatic rings. The van der Waals surface area contributed by atoms with Crippen LogP contribution in [0, 0.1) is 3.57 Å². The first-order valence-electron chi connectivity index (χ1n) is 5.74. The van der Waals surface area contributed by atoms with Crippen LogP contribution in [0.15, 0.2) is 24.3 Å². The molecule has 0 aliphatic heterocycles. The number of nitrogens with zero attached hydrogens (tertiary/aromatic N) is 1. The Labute approximate surface area is 116 Å². The summed E-state index contributed by atoms with van der Waals surface area (Å²) < 4.78 is 0.963. The van der Waals surface area contributed by atoms with Crippen molar-refractivity contribution in [3.05, 3.63) is 33.4 Å². The van der Waals surface area contributed by atoms with Crippen molar-refractivity contribution in [3.8, 4) is 0 Å². The molecule has 17 heavy (non-hydrogen) atoms. The first-order valence-corrected chi connectivity index (χ1v) is 6.82. The Morgan fingerprint density at radius 3 is 2.59 bits per heavy atom. The molecule has 1 aromatic carbocycles. The molecule has 3 nitrogen and oxygen atoms in total. The SMILES string of the molecule is CC(C)N(CCCO)C(=O)c1ccccc1I. The van der Waals surface area contributed by atoms with E-state index in [1.165, 1.54) is 0 Å². The summed E-state index contributed by atoms with van der Waals surface area (Å²) in [6, 6.07) is 7.72. The zero-order valence-corrected chi connectivity index (χ0v) is 12.3. The zero-order chi connectivity index (χ0) is 12.8. The van der Waals surface area contributed by atoms with Gasteiger partial charge in [-0.3, -0.25) is 4.79 Å². The van der Waals surface area contributed by atoms with Crippen LogP contribution in [0.3, 0.4) is 0 Å². The number of amides is 1. The minimum atomic E-state index is 0.0402. The van der Waals surface area contributed by atoms with Gasteiger partial charge in [0, 0.05) is 22.8 Å². The second kappa shape index (κ2) is 6.96. The van der Waals surface area contributed by atoms with Crippen molar-refractivity contribution in [2.24, 2.45) is 0 Å². The fourth-order valence-electron chi connectivity index (χ4n) is 1.62. The monoisotopic (exact) mass is 347 g/mol. The van der Waals surface area contributed by atoms with Crippen molar-refractivity contribution >= 4 is 28.5 Å². The second-order valence-electron chi connectivity index (χ2n) is 4.15. The zero-order valence-electron chi connectivity index (χ0n) is 10.2. The molecule has 0 aliphatic carbocycles. The Hall–Kier alpha value is -0.620. The van der Waals surface area contributed by atoms with Gasteiger partial charge in [-0.1, -0.05) is 12.1 Å². The van der Waals surface area contributed by atoms with Crippen LogP contribution in [0.2, 0.25) is 0 Å². The van der Waals surface area contributed by atoms with E-state index in [-0.39, 0.29) is 18.6 Å². The van der Waals surface area contributed by atoms with Crippen LogP contribution < -0.4 is 0 Å². The summed E-state index contributed by atoms with van der Waals surface area (Å²) in [5.74, 6) is 0.0402. The molecule has 0 radical (unpaired) electrons. The maximum atomic E-state index is 12.4. The molecule has 0 fully saturated rings. The average Bonchev–Trinajstić information content (AvgIpc) is 2.29. The maximum Gasteiger partial charge on any atom is 0.255 e. The molecule has 0 aromatic heterocycles. The number of hydrogen-bond donors (Lipinski definition) is 1. The van der Waals surface area contributed by atoms with Crippen LogP contribution in [0.4, 0.5) is 0 Å². The van der Waals surface area contributed by atoms with E-state index in [1.54, 1.807) is 4.90 Å². The molecule has 0 unspecified atom stereocenters. The topological polar surface area (TPSA) is 40.5 Å². The van der Waals surface area contributed by atoms with Crippen molar-refractivity contribution in [2.45, 2.75) is 26.3 Å². The molecule has 0 atom stereocenters. The van der Waals surface area contributed by atoms with Crippen molar-refractivity contribution in [2.75, 3.05) is 13.2 Å². The fraction of sp³-hybridized carbons (Fsp3) is 0.462. The first-order chi connectivity index (χ1) is 8.07. The average molecular weight is 347 g/mol. The summed E-state index contributed by atoms with van der Waals surface area (Å²) in [6.45, 7) is 4.69. The molecular formula is C13H18INO2. The summed E-state index contributed by atoms with van der Waals surface area (Å²) >= 11 is 2.17. The lowest BCUT2D eigenvalue weighted by Crippen LogP contribution is -2.38. The highest BCUT2D eigenvalue weighted by molar-refractivity contribution is 14.1. The molecule has 4 heteroatoms. The molecular weight excluding hydrogens is 329 g/mol. The van der Waals surface area contributed by atoms with Gasteiger partial charge < -0.3 is 10.0 Å². The Kier molecular flexibility index (Phi) is 5.91. The predicted octanol–water partition coefficient (Wildman–Crippen LogP) is 2.52. The standard InChI is InChI=1S/C13H18INO2/c1-10(2)15(8-5-9-16)13(17)11-6-3-4-7-12(11)14/h3-4,6-7,10,16H,5,8-9H2,1-2H3. The summed E-state index contributed by atoms with van der Waals surface area (Å²) in [5.41, 5.74) is 0.736. The highest BCUT2D eigenvalue weighted by Gasteiger charge is 2.19. The first kappa shape index (κ1) is 14.4. The lowest BCUT2D eigenvalue weighted by atomic mass is 10.1. The van der Waals surface area contributed by atoms with E-state index in [0.717, 1.165) is 9.13 Å². The van der Waals surface area contributed by atoms with E-state index in [2.05, 4.69) is 22.6 Å². The van der Waals surface area contributed by atoms with Gasteiger partial charge in [-0.05, 0) is 55.0 Å². The fourth-order valence-corrected chi connectivity index (χ4v) is 2.24. The highest BCUT2D eigenvalue weighted by atomic mass is 127. The lowest BCUT2D eigenvalue weighted by Gasteiger charge is -2.27. The predicted molar refractivity (Wildman–Crippen MR) is 77.0 cm³/mol. The van der Waals surface area contributed by atoms with E-state index < -0.39 is 0 Å². The second-order valence-corrected chi connectivity index (χ2v) is 5.31. The minimum absolute atomic E-state index is 0.0402. The number of benzene rings is 1. The summed E-state index contributed by atoms with van der Waals surface area (Å²) in [7, 11) is 0. The van der Waals surface area contributed by atoms with E-state index in [9.17, 15) is 4.79 Å². The van der Waals surface area contributed by atoms with E-state index >= 15 is 0 Å². The molecule has 0 heterocycles. The molecule has 0 bridgehead atoms. The van der Waals surface area contributed by atoms with Crippen molar-refractivity contribution in [1.82, 2.24) is 4.90 Å². The third-order valence-electron chi connectivity index (χ3n) is 2.55. The van der Waals surface area contributed by atoms with Crippen LogP contribution in [-0.4, -0.2) is 35.1 Å². The molecule has 0 saturated carbocycles. The van der Waals surface area contributed by atoms with Gasteiger partial charge in [0.2, 0.25) is 0 Å². The van der Waals surface area contributed by atoms with E-state index in [0.29, 0.717) is 13.0 Å². The van der Waals surface area contributed by atoms with Gasteiger partial charge >= 0.3 is 0 Å². The normalized spacial score (nSPS) is 10.6. The highest BCUT2D eigenvalue weighted by Crippen LogP contribution is 2.15. The van der Waals surface area contributed by atoms with E-state index in [1.807, 2.05) is 38.1 Å². The molecule has 0 saturated heterocycles. The van der Waals surface area contributed by atoms with Crippen LogP contribution in [0.5, 0.6) is 0 Å². The minimum Gasteiger partial charge on any atom is -0.396 e. The number of carbonyl (C=O) groups excluding carboxylic acids is 1. The third-order valence-corrected chi connectivity index (χ3v) is 3.49. The van der Waals surface area contributed by atoms with Gasteiger partial charge in [-0.15, -0.1) is 0 Å². The number of aliphatic hydroxyl groups is 1. The Balaban J connectivity index is 2.88. The van der Waals surface area contributed by atoms with Gasteiger partial charge in [-0.25, -0.2) is 0 Å². The van der Waals surface area contributed by atoms with Crippen LogP contribution in [0.25, 0.3) is 0 Å². The Morgan fingerprint density at radius 1 is 1.41 bits per heavy atom. The maximum absolute atomic E-state index is 12.4. The third kappa shape index (κ3) is 3.96. The van der Waals surface area contributed by atoms with Gasteiger partial charge in [0.25, 0.3) is 5.91 Å². The molecule has 1 rings (SSSR count). The van der Waals surface area contributed by atoms with Gasteiger partial charge in [0.15, 0.2) is 0 Å². The number of carbonyl (C=O) groups is 1. The molecule has 0 spiro atoms. The van der Waals surface area contributed by atoms with Crippen molar-refractivity contribution in [3.63, 3.8) is 0 Å². The van der Waals surface area contributed by atoms with Crippen LogP contribution >= 0.6 is 22.6 Å². The summed E-state index contributed by atoms with van der Waals surface area (Å²) in [5, 5.41) is 8.86. The Morgan fingerprint density at radius 2 is 2.06 bits per heavy atom. The largest absolute Gasteiger partial charge is 0.396 e. The van der Waals surface area contributed by atoms with Crippen molar-refractivity contribution in [1.29, 1.82) is 0 Å². The number of halogens is 1. The van der Waals surface area contributed by atoms with Gasteiger partial charge in [0.1, 0.15) is 0 Å². The number of rotatable bonds is 5. The molecule has 1 N–H and O–H groups in total. The van der Waals surface area contributed by atoms with Crippen molar-refractivity contribution < 1.29 is 9.90 Å². The number of aliphatic hydroxyl groups excluding tert-OH is 1. The molecule has 1 aromatic rings. The lowest BCUT2D eigenvalue weighted by molar-refractivity contribution is 0.0692. The van der Waals surface area contributed by atoms with Gasteiger partial charge in [0.05, 0.1) is 5.56 Å². The van der Waals surface area contributed by atoms with E-state index in [4.69, 9.17) is 5.11 Å². The summed E-state index contributed by atoms with van der Waals surface area (Å²) in [6.07, 6.45) is 0.618.